The van der Waals surface area contributed by atoms with Crippen LogP contribution in [0.1, 0.15) is 0 Å². The van der Waals surface area contributed by atoms with E-state index in [0.29, 0.717) is 0 Å². The molecule has 2 radical (unpaired) electrons. The van der Waals surface area contributed by atoms with Crippen LogP contribution in [0.5, 0.6) is 0 Å². The Bertz CT molecular complexity index is 2290. The predicted octanol–water partition coefficient (Wildman–Crippen LogP) is 11.3. The first kappa shape index (κ1) is 27.7. The molecule has 0 saturated heterocycles. The summed E-state index contributed by atoms with van der Waals surface area (Å²) in [6.07, 6.45) is 0. The maximum atomic E-state index is 6.04. The van der Waals surface area contributed by atoms with Crippen LogP contribution in [0.2, 0.25) is 0 Å². The monoisotopic (exact) mass is 583 g/mol. The van der Waals surface area contributed by atoms with Gasteiger partial charge in [-0.3, -0.25) is 0 Å². The second-order valence-corrected chi connectivity index (χ2v) is 11.6. The molecule has 0 bridgehead atoms. The first-order valence-corrected chi connectivity index (χ1v) is 15.6. The van der Waals surface area contributed by atoms with Gasteiger partial charge < -0.3 is 4.90 Å². The first-order valence-electron chi connectivity index (χ1n) is 15.6. The average molecular weight is 584 g/mol. The molecule has 0 saturated carbocycles. The lowest BCUT2D eigenvalue weighted by molar-refractivity contribution is 1.28. The van der Waals surface area contributed by atoms with Crippen LogP contribution >= 0.6 is 0 Å². The Balaban J connectivity index is 1.27. The molecule has 0 spiro atoms. The summed E-state index contributed by atoms with van der Waals surface area (Å²) < 4.78 is 0. The van der Waals surface area contributed by atoms with Crippen molar-refractivity contribution in [2.24, 2.45) is 0 Å². The van der Waals surface area contributed by atoms with Crippen molar-refractivity contribution in [3.63, 3.8) is 0 Å². The van der Waals surface area contributed by atoms with Gasteiger partial charge in [-0.05, 0) is 97.4 Å². The highest BCUT2D eigenvalue weighted by molar-refractivity contribution is 6.32. The second kappa shape index (κ2) is 11.9. The molecule has 8 aromatic carbocycles. The molecular formula is C44H30BN. The minimum absolute atomic E-state index is 0.761. The normalized spacial score (nSPS) is 11.1. The van der Waals surface area contributed by atoms with E-state index in [0.717, 1.165) is 28.1 Å². The molecule has 0 aliphatic heterocycles. The number of benzene rings is 8. The van der Waals surface area contributed by atoms with Gasteiger partial charge in [-0.25, -0.2) is 0 Å². The Hall–Kier alpha value is -5.86. The smallest absolute Gasteiger partial charge is 0.113 e. The third-order valence-corrected chi connectivity index (χ3v) is 8.79. The summed E-state index contributed by atoms with van der Waals surface area (Å²) >= 11 is 0. The predicted molar refractivity (Wildman–Crippen MR) is 198 cm³/mol. The zero-order valence-corrected chi connectivity index (χ0v) is 25.3. The fourth-order valence-electron chi connectivity index (χ4n) is 6.55. The van der Waals surface area contributed by atoms with Crippen molar-refractivity contribution in [2.75, 3.05) is 4.90 Å². The van der Waals surface area contributed by atoms with Crippen LogP contribution in [0, 0.1) is 0 Å². The van der Waals surface area contributed by atoms with Gasteiger partial charge in [0.1, 0.15) is 7.85 Å². The van der Waals surface area contributed by atoms with Crippen LogP contribution in [-0.2, 0) is 0 Å². The number of fused-ring (bicyclic) bond motifs is 3. The summed E-state index contributed by atoms with van der Waals surface area (Å²) in [5, 5.41) is 5.08. The highest BCUT2D eigenvalue weighted by Crippen LogP contribution is 2.42. The summed E-state index contributed by atoms with van der Waals surface area (Å²) in [4.78, 5) is 2.33. The minimum Gasteiger partial charge on any atom is -0.310 e. The molecule has 46 heavy (non-hydrogen) atoms. The van der Waals surface area contributed by atoms with Crippen molar-refractivity contribution in [3.05, 3.63) is 182 Å². The Labute approximate surface area is 271 Å². The molecule has 0 aliphatic rings. The van der Waals surface area contributed by atoms with Gasteiger partial charge in [-0.2, -0.15) is 0 Å². The number of rotatable bonds is 6. The lowest BCUT2D eigenvalue weighted by Gasteiger charge is -2.27. The summed E-state index contributed by atoms with van der Waals surface area (Å²) in [5.74, 6) is 0. The SMILES string of the molecule is [B]c1ccc(-c2ccc(N(c3ccccc3)c3ccc(-c4cc5ccccc5c5ccccc45)cc3)cc2-c2ccccc2)cc1. The van der Waals surface area contributed by atoms with E-state index in [4.69, 9.17) is 7.85 Å². The third-order valence-electron chi connectivity index (χ3n) is 8.79. The Morgan fingerprint density at radius 1 is 0.326 bits per heavy atom. The number of hydrogen-bond donors (Lipinski definition) is 0. The lowest BCUT2D eigenvalue weighted by Crippen LogP contribution is -2.10. The van der Waals surface area contributed by atoms with E-state index in [9.17, 15) is 0 Å². The second-order valence-electron chi connectivity index (χ2n) is 11.6. The number of nitrogens with zero attached hydrogens (tertiary/aromatic N) is 1. The van der Waals surface area contributed by atoms with Gasteiger partial charge in [0.15, 0.2) is 0 Å². The van der Waals surface area contributed by atoms with Gasteiger partial charge in [0.05, 0.1) is 0 Å². The highest BCUT2D eigenvalue weighted by Gasteiger charge is 2.17. The maximum Gasteiger partial charge on any atom is 0.113 e. The van der Waals surface area contributed by atoms with Crippen molar-refractivity contribution >= 4 is 51.9 Å². The Kier molecular flexibility index (Phi) is 7.17. The van der Waals surface area contributed by atoms with Gasteiger partial charge in [0.2, 0.25) is 0 Å². The van der Waals surface area contributed by atoms with Gasteiger partial charge in [-0.1, -0.05) is 145 Å². The Morgan fingerprint density at radius 2 is 0.848 bits per heavy atom. The lowest BCUT2D eigenvalue weighted by atomic mass is 9.90. The standard InChI is InChI=1S/C44H30BN/c45-35-23-19-32(20-24-35)40-28-27-38(30-44(40)31-11-3-1-4-12-31)46(36-14-5-2-6-15-36)37-25-21-33(22-26-37)43-29-34-13-7-8-16-39(34)41-17-9-10-18-42(41)43/h1-30H. The first-order chi connectivity index (χ1) is 22.7. The zero-order chi connectivity index (χ0) is 30.9. The third kappa shape index (κ3) is 5.14. The largest absolute Gasteiger partial charge is 0.310 e. The summed E-state index contributed by atoms with van der Waals surface area (Å²) in [6, 6.07) is 64.8. The van der Waals surface area contributed by atoms with Gasteiger partial charge >= 0.3 is 0 Å². The van der Waals surface area contributed by atoms with Crippen LogP contribution in [0.3, 0.4) is 0 Å². The van der Waals surface area contributed by atoms with Crippen LogP contribution in [-0.4, -0.2) is 7.85 Å². The molecule has 8 aromatic rings. The van der Waals surface area contributed by atoms with Gasteiger partial charge in [0, 0.05) is 17.1 Å². The molecule has 214 valence electrons. The fourth-order valence-corrected chi connectivity index (χ4v) is 6.55. The zero-order valence-electron chi connectivity index (χ0n) is 25.3. The molecule has 1 nitrogen and oxygen atoms in total. The minimum atomic E-state index is 0.761. The molecule has 0 aromatic heterocycles. The highest BCUT2D eigenvalue weighted by atomic mass is 15.1. The van der Waals surface area contributed by atoms with Gasteiger partial charge in [-0.15, -0.1) is 0 Å². The molecular weight excluding hydrogens is 553 g/mol. The molecule has 0 amide bonds. The fraction of sp³-hybridized carbons (Fsp3) is 0. The van der Waals surface area contributed by atoms with E-state index in [-0.39, 0.29) is 0 Å². The quantitative estimate of drug-likeness (QED) is 0.139. The molecule has 0 fully saturated rings. The molecule has 0 N–H and O–H groups in total. The van der Waals surface area contributed by atoms with Crippen LogP contribution in [0.4, 0.5) is 17.1 Å². The van der Waals surface area contributed by atoms with Crippen molar-refractivity contribution in [3.8, 4) is 33.4 Å². The van der Waals surface area contributed by atoms with E-state index >= 15 is 0 Å². The van der Waals surface area contributed by atoms with Crippen LogP contribution < -0.4 is 10.4 Å². The van der Waals surface area contributed by atoms with E-state index in [1.807, 2.05) is 12.1 Å². The van der Waals surface area contributed by atoms with E-state index < -0.39 is 0 Å². The summed E-state index contributed by atoms with van der Waals surface area (Å²) in [6.45, 7) is 0. The van der Waals surface area contributed by atoms with E-state index in [1.54, 1.807) is 0 Å². The maximum absolute atomic E-state index is 6.04. The van der Waals surface area contributed by atoms with E-state index in [2.05, 4.69) is 175 Å². The van der Waals surface area contributed by atoms with Crippen molar-refractivity contribution in [1.29, 1.82) is 0 Å². The number of hydrogen-bond acceptors (Lipinski definition) is 1. The van der Waals surface area contributed by atoms with Gasteiger partial charge in [0.25, 0.3) is 0 Å². The molecule has 8 rings (SSSR count). The molecule has 2 heteroatoms. The van der Waals surface area contributed by atoms with E-state index in [1.165, 1.54) is 49.4 Å². The molecule has 0 atom stereocenters. The molecule has 0 heterocycles. The topological polar surface area (TPSA) is 3.24 Å². The van der Waals surface area contributed by atoms with Crippen molar-refractivity contribution < 1.29 is 0 Å². The number of para-hydroxylation sites is 1. The summed E-state index contributed by atoms with van der Waals surface area (Å²) in [5.41, 5.74) is 11.1. The van der Waals surface area contributed by atoms with Crippen molar-refractivity contribution in [2.45, 2.75) is 0 Å². The molecule has 0 aliphatic carbocycles. The van der Waals surface area contributed by atoms with Crippen LogP contribution in [0.15, 0.2) is 182 Å². The Morgan fingerprint density at radius 3 is 1.59 bits per heavy atom. The number of anilines is 3. The van der Waals surface area contributed by atoms with Crippen molar-refractivity contribution in [1.82, 2.24) is 0 Å². The van der Waals surface area contributed by atoms with Crippen LogP contribution in [0.25, 0.3) is 54.9 Å². The average Bonchev–Trinajstić information content (AvgIpc) is 3.13. The summed E-state index contributed by atoms with van der Waals surface area (Å²) in [7, 11) is 6.04. The molecule has 0 unspecified atom stereocenters.